The minimum absolute atomic E-state index is 0.00252. The summed E-state index contributed by atoms with van der Waals surface area (Å²) in [6.07, 6.45) is -0.0111. The lowest BCUT2D eigenvalue weighted by molar-refractivity contribution is -0.144. The topological polar surface area (TPSA) is 98.5 Å². The predicted molar refractivity (Wildman–Crippen MR) is 74.2 cm³/mol. The van der Waals surface area contributed by atoms with E-state index in [0.29, 0.717) is 5.69 Å². The Kier molecular flexibility index (Phi) is 5.71. The number of amides is 2. The fraction of sp³-hybridized carbons (Fsp3) is 0.357. The molecule has 6 nitrogen and oxygen atoms in total. The molecule has 0 saturated heterocycles. The molecule has 0 bridgehead atoms. The van der Waals surface area contributed by atoms with Gasteiger partial charge in [-0.2, -0.15) is 0 Å². The van der Waals surface area contributed by atoms with Crippen LogP contribution < -0.4 is 11.1 Å². The van der Waals surface area contributed by atoms with Gasteiger partial charge in [0.25, 0.3) is 5.91 Å². The van der Waals surface area contributed by atoms with Crippen LogP contribution in [0.1, 0.15) is 35.7 Å². The smallest absolute Gasteiger partial charge is 0.306 e. The van der Waals surface area contributed by atoms with Gasteiger partial charge >= 0.3 is 5.97 Å². The van der Waals surface area contributed by atoms with Gasteiger partial charge in [-0.1, -0.05) is 12.1 Å². The van der Waals surface area contributed by atoms with Crippen LogP contribution in [-0.4, -0.2) is 24.4 Å². The van der Waals surface area contributed by atoms with Gasteiger partial charge in [-0.25, -0.2) is 0 Å². The van der Waals surface area contributed by atoms with Crippen LogP contribution >= 0.6 is 0 Å². The van der Waals surface area contributed by atoms with E-state index < -0.39 is 11.9 Å². The first kappa shape index (κ1) is 15.7. The maximum absolute atomic E-state index is 11.8. The summed E-state index contributed by atoms with van der Waals surface area (Å²) in [6.45, 7) is 3.74. The highest BCUT2D eigenvalue weighted by Gasteiger charge is 2.14. The van der Waals surface area contributed by atoms with Crippen LogP contribution in [0.25, 0.3) is 0 Å². The molecule has 0 aliphatic carbocycles. The zero-order valence-corrected chi connectivity index (χ0v) is 11.6. The number of esters is 1. The number of aryl methyl sites for hydroxylation is 1. The molecule has 108 valence electrons. The highest BCUT2D eigenvalue weighted by molar-refractivity contribution is 6.04. The van der Waals surface area contributed by atoms with Crippen molar-refractivity contribution in [3.63, 3.8) is 0 Å². The van der Waals surface area contributed by atoms with Crippen molar-refractivity contribution < 1.29 is 19.1 Å². The van der Waals surface area contributed by atoms with Crippen molar-refractivity contribution in [2.24, 2.45) is 5.73 Å². The molecule has 0 aliphatic heterocycles. The van der Waals surface area contributed by atoms with E-state index in [9.17, 15) is 14.4 Å². The highest BCUT2D eigenvalue weighted by Crippen LogP contribution is 2.20. The number of hydrogen-bond donors (Lipinski definition) is 2. The van der Waals surface area contributed by atoms with E-state index in [4.69, 9.17) is 10.5 Å². The van der Waals surface area contributed by atoms with E-state index in [2.05, 4.69) is 5.32 Å². The van der Waals surface area contributed by atoms with E-state index >= 15 is 0 Å². The summed E-state index contributed by atoms with van der Waals surface area (Å²) in [5.41, 5.74) is 6.61. The zero-order valence-electron chi connectivity index (χ0n) is 11.6. The molecule has 0 aliphatic rings. The van der Waals surface area contributed by atoms with Crippen molar-refractivity contribution in [3.05, 3.63) is 29.3 Å². The summed E-state index contributed by atoms with van der Waals surface area (Å²) < 4.78 is 4.74. The second kappa shape index (κ2) is 7.28. The van der Waals surface area contributed by atoms with Crippen LogP contribution in [0.5, 0.6) is 0 Å². The number of nitrogens with one attached hydrogen (secondary N) is 1. The van der Waals surface area contributed by atoms with Crippen molar-refractivity contribution in [1.29, 1.82) is 0 Å². The van der Waals surface area contributed by atoms with Crippen molar-refractivity contribution in [2.75, 3.05) is 11.9 Å². The number of benzene rings is 1. The first-order valence-electron chi connectivity index (χ1n) is 6.30. The number of hydrogen-bond acceptors (Lipinski definition) is 4. The maximum Gasteiger partial charge on any atom is 0.306 e. The van der Waals surface area contributed by atoms with E-state index in [-0.39, 0.29) is 30.9 Å². The van der Waals surface area contributed by atoms with Gasteiger partial charge in [0.2, 0.25) is 5.91 Å². The predicted octanol–water partition coefficient (Wildman–Crippen LogP) is 1.38. The van der Waals surface area contributed by atoms with Crippen molar-refractivity contribution in [3.8, 4) is 0 Å². The van der Waals surface area contributed by atoms with Gasteiger partial charge in [0.05, 0.1) is 24.3 Å². The molecule has 3 N–H and O–H groups in total. The van der Waals surface area contributed by atoms with E-state index in [0.717, 1.165) is 5.56 Å². The number of para-hydroxylation sites is 1. The van der Waals surface area contributed by atoms with Gasteiger partial charge in [0, 0.05) is 6.42 Å². The van der Waals surface area contributed by atoms with E-state index in [1.54, 1.807) is 26.0 Å². The molecule has 20 heavy (non-hydrogen) atoms. The molecule has 0 heterocycles. The van der Waals surface area contributed by atoms with Gasteiger partial charge in [-0.3, -0.25) is 14.4 Å². The minimum atomic E-state index is -0.616. The Balaban J connectivity index is 2.71. The largest absolute Gasteiger partial charge is 0.466 e. The molecular weight excluding hydrogens is 260 g/mol. The van der Waals surface area contributed by atoms with E-state index in [1.165, 1.54) is 6.07 Å². The molecule has 1 aromatic carbocycles. The average molecular weight is 278 g/mol. The quantitative estimate of drug-likeness (QED) is 0.768. The Hall–Kier alpha value is -2.37. The number of primary amides is 1. The van der Waals surface area contributed by atoms with Gasteiger partial charge < -0.3 is 15.8 Å². The lowest BCUT2D eigenvalue weighted by Crippen LogP contribution is -2.20. The van der Waals surface area contributed by atoms with Gasteiger partial charge in [0.15, 0.2) is 0 Å². The second-order valence-corrected chi connectivity index (χ2v) is 4.21. The summed E-state index contributed by atoms with van der Waals surface area (Å²) in [6, 6.07) is 4.98. The third-order valence-electron chi connectivity index (χ3n) is 2.66. The number of carbonyl (C=O) groups is 3. The van der Waals surface area contributed by atoms with Crippen molar-refractivity contribution in [2.45, 2.75) is 26.7 Å². The molecular formula is C14H18N2O4. The Bertz CT molecular complexity index is 526. The maximum atomic E-state index is 11.8. The Morgan fingerprint density at radius 3 is 2.55 bits per heavy atom. The highest BCUT2D eigenvalue weighted by atomic mass is 16.5. The van der Waals surface area contributed by atoms with Crippen LogP contribution in [0.4, 0.5) is 5.69 Å². The first-order chi connectivity index (χ1) is 9.45. The number of anilines is 1. The average Bonchev–Trinajstić information content (AvgIpc) is 2.39. The molecule has 0 saturated carbocycles. The molecule has 1 rings (SSSR count). The number of carbonyl (C=O) groups excluding carboxylic acids is 3. The fourth-order valence-electron chi connectivity index (χ4n) is 1.69. The van der Waals surface area contributed by atoms with E-state index in [1.807, 2.05) is 0 Å². The fourth-order valence-corrected chi connectivity index (χ4v) is 1.69. The van der Waals surface area contributed by atoms with Crippen LogP contribution in [0.15, 0.2) is 18.2 Å². The minimum Gasteiger partial charge on any atom is -0.466 e. The summed E-state index contributed by atoms with van der Waals surface area (Å²) in [4.78, 5) is 34.2. The molecule has 2 amide bonds. The zero-order chi connectivity index (χ0) is 15.1. The van der Waals surface area contributed by atoms with Gasteiger partial charge in [-0.15, -0.1) is 0 Å². The Morgan fingerprint density at radius 2 is 1.95 bits per heavy atom. The number of rotatable bonds is 6. The standard InChI is InChI=1S/C14H18N2O4/c1-3-20-12(18)8-7-11(17)16-13-9(2)5-4-6-10(13)14(15)19/h4-6H,3,7-8H2,1-2H3,(H2,15,19)(H,16,17). The molecule has 6 heteroatoms. The number of nitrogens with two attached hydrogens (primary N) is 1. The molecule has 0 unspecified atom stereocenters. The van der Waals surface area contributed by atoms with Crippen LogP contribution in [0.2, 0.25) is 0 Å². The molecule has 0 radical (unpaired) electrons. The summed E-state index contributed by atoms with van der Waals surface area (Å²) in [5.74, 6) is -1.41. The Labute approximate surface area is 117 Å². The SMILES string of the molecule is CCOC(=O)CCC(=O)Nc1c(C)cccc1C(N)=O. The van der Waals surface area contributed by atoms with Crippen molar-refractivity contribution in [1.82, 2.24) is 0 Å². The molecule has 1 aromatic rings. The summed E-state index contributed by atoms with van der Waals surface area (Å²) in [7, 11) is 0. The molecule has 0 aromatic heterocycles. The number of ether oxygens (including phenoxy) is 1. The molecule has 0 atom stereocenters. The monoisotopic (exact) mass is 278 g/mol. The third kappa shape index (κ3) is 4.38. The van der Waals surface area contributed by atoms with Crippen molar-refractivity contribution >= 4 is 23.5 Å². The summed E-state index contributed by atoms with van der Waals surface area (Å²) in [5, 5.41) is 2.61. The van der Waals surface area contributed by atoms with Gasteiger partial charge in [-0.05, 0) is 25.5 Å². The lowest BCUT2D eigenvalue weighted by Gasteiger charge is -2.11. The second-order valence-electron chi connectivity index (χ2n) is 4.21. The Morgan fingerprint density at radius 1 is 1.25 bits per heavy atom. The first-order valence-corrected chi connectivity index (χ1v) is 6.30. The summed E-state index contributed by atoms with van der Waals surface area (Å²) >= 11 is 0. The van der Waals surface area contributed by atoms with Crippen LogP contribution in [-0.2, 0) is 14.3 Å². The molecule has 0 fully saturated rings. The van der Waals surface area contributed by atoms with Crippen LogP contribution in [0, 0.1) is 6.92 Å². The molecule has 0 spiro atoms. The normalized spacial score (nSPS) is 9.90. The third-order valence-corrected chi connectivity index (χ3v) is 2.66. The van der Waals surface area contributed by atoms with Crippen LogP contribution in [0.3, 0.4) is 0 Å². The lowest BCUT2D eigenvalue weighted by atomic mass is 10.1. The van der Waals surface area contributed by atoms with Gasteiger partial charge in [0.1, 0.15) is 0 Å².